The molecule has 0 saturated carbocycles. The summed E-state index contributed by atoms with van der Waals surface area (Å²) in [7, 11) is 0. The van der Waals surface area contributed by atoms with Crippen LogP contribution in [0.25, 0.3) is 0 Å². The maximum absolute atomic E-state index is 11.0. The molecule has 2 aromatic rings. The predicted octanol–water partition coefficient (Wildman–Crippen LogP) is 2.13. The Labute approximate surface area is 111 Å². The standard InChI is InChI=1S/C14H14N2O3/c1-10(14(15)17)18-11-6-2-3-7-12(11)19-13-8-4-5-9-16-13/h2-10H,1H3,(H2,15,17). The first-order valence-electron chi connectivity index (χ1n) is 5.80. The van der Waals surface area contributed by atoms with Gasteiger partial charge < -0.3 is 15.2 Å². The van der Waals surface area contributed by atoms with Gasteiger partial charge in [-0.25, -0.2) is 4.98 Å². The highest BCUT2D eigenvalue weighted by Gasteiger charge is 2.14. The summed E-state index contributed by atoms with van der Waals surface area (Å²) in [4.78, 5) is 15.1. The van der Waals surface area contributed by atoms with E-state index in [0.717, 1.165) is 0 Å². The second-order valence-corrected chi connectivity index (χ2v) is 3.88. The average molecular weight is 258 g/mol. The van der Waals surface area contributed by atoms with Crippen molar-refractivity contribution in [1.29, 1.82) is 0 Å². The van der Waals surface area contributed by atoms with Crippen molar-refractivity contribution in [2.24, 2.45) is 5.73 Å². The van der Waals surface area contributed by atoms with E-state index in [9.17, 15) is 4.79 Å². The molecule has 0 saturated heterocycles. The van der Waals surface area contributed by atoms with Crippen molar-refractivity contribution in [2.75, 3.05) is 0 Å². The lowest BCUT2D eigenvalue weighted by Gasteiger charge is -2.14. The van der Waals surface area contributed by atoms with E-state index in [1.54, 1.807) is 49.5 Å². The van der Waals surface area contributed by atoms with Crippen molar-refractivity contribution in [3.8, 4) is 17.4 Å². The number of primary amides is 1. The van der Waals surface area contributed by atoms with Gasteiger partial charge >= 0.3 is 0 Å². The molecule has 19 heavy (non-hydrogen) atoms. The normalized spacial score (nSPS) is 11.6. The maximum Gasteiger partial charge on any atom is 0.258 e. The molecule has 1 atom stereocenters. The number of aromatic nitrogens is 1. The molecule has 1 unspecified atom stereocenters. The van der Waals surface area contributed by atoms with Crippen LogP contribution in [-0.2, 0) is 4.79 Å². The number of carbonyl (C=O) groups is 1. The molecule has 0 bridgehead atoms. The van der Waals surface area contributed by atoms with Crippen LogP contribution in [0.1, 0.15) is 6.92 Å². The SMILES string of the molecule is CC(Oc1ccccc1Oc1ccccn1)C(N)=O. The maximum atomic E-state index is 11.0. The second kappa shape index (κ2) is 5.86. The topological polar surface area (TPSA) is 74.4 Å². The zero-order valence-electron chi connectivity index (χ0n) is 10.4. The molecular weight excluding hydrogens is 244 g/mol. The Bertz CT molecular complexity index is 558. The number of amides is 1. The Morgan fingerprint density at radius 3 is 2.47 bits per heavy atom. The van der Waals surface area contributed by atoms with E-state index in [0.29, 0.717) is 17.4 Å². The summed E-state index contributed by atoms with van der Waals surface area (Å²) in [5, 5.41) is 0. The van der Waals surface area contributed by atoms with Crippen molar-refractivity contribution < 1.29 is 14.3 Å². The number of nitrogens with two attached hydrogens (primary N) is 1. The summed E-state index contributed by atoms with van der Waals surface area (Å²) < 4.78 is 11.1. The van der Waals surface area contributed by atoms with Gasteiger partial charge in [0.05, 0.1) is 0 Å². The highest BCUT2D eigenvalue weighted by molar-refractivity contribution is 5.78. The van der Waals surface area contributed by atoms with Crippen molar-refractivity contribution in [1.82, 2.24) is 4.98 Å². The van der Waals surface area contributed by atoms with E-state index in [1.807, 2.05) is 6.07 Å². The van der Waals surface area contributed by atoms with Gasteiger partial charge in [0.15, 0.2) is 17.6 Å². The minimum absolute atomic E-state index is 0.444. The number of carbonyl (C=O) groups excluding carboxylic acids is 1. The number of para-hydroxylation sites is 2. The molecule has 0 fully saturated rings. The lowest BCUT2D eigenvalue weighted by atomic mass is 10.3. The molecule has 1 aromatic carbocycles. The molecule has 0 aliphatic heterocycles. The number of benzene rings is 1. The summed E-state index contributed by atoms with van der Waals surface area (Å²) in [6.07, 6.45) is 0.902. The number of hydrogen-bond donors (Lipinski definition) is 1. The minimum atomic E-state index is -0.728. The number of ether oxygens (including phenoxy) is 2. The van der Waals surface area contributed by atoms with Gasteiger partial charge in [0.1, 0.15) is 0 Å². The molecule has 2 rings (SSSR count). The zero-order valence-corrected chi connectivity index (χ0v) is 10.4. The van der Waals surface area contributed by atoms with Gasteiger partial charge in [0.25, 0.3) is 5.91 Å². The van der Waals surface area contributed by atoms with Crippen LogP contribution < -0.4 is 15.2 Å². The van der Waals surface area contributed by atoms with Crippen LogP contribution in [0, 0.1) is 0 Å². The molecule has 0 spiro atoms. The Hall–Kier alpha value is -2.56. The fraction of sp³-hybridized carbons (Fsp3) is 0.143. The Morgan fingerprint density at radius 1 is 1.16 bits per heavy atom. The number of hydrogen-bond acceptors (Lipinski definition) is 4. The van der Waals surface area contributed by atoms with Crippen LogP contribution in [0.3, 0.4) is 0 Å². The summed E-state index contributed by atoms with van der Waals surface area (Å²) in [6.45, 7) is 1.58. The number of nitrogens with zero attached hydrogens (tertiary/aromatic N) is 1. The Kier molecular flexibility index (Phi) is 3.97. The molecule has 1 aromatic heterocycles. The zero-order chi connectivity index (χ0) is 13.7. The van der Waals surface area contributed by atoms with E-state index in [-0.39, 0.29) is 0 Å². The molecule has 0 aliphatic carbocycles. The van der Waals surface area contributed by atoms with Crippen LogP contribution in [-0.4, -0.2) is 17.0 Å². The Morgan fingerprint density at radius 2 is 1.84 bits per heavy atom. The van der Waals surface area contributed by atoms with E-state index in [4.69, 9.17) is 15.2 Å². The quantitative estimate of drug-likeness (QED) is 0.891. The summed E-state index contributed by atoms with van der Waals surface area (Å²) >= 11 is 0. The molecule has 5 heteroatoms. The van der Waals surface area contributed by atoms with E-state index in [1.165, 1.54) is 0 Å². The first-order valence-corrected chi connectivity index (χ1v) is 5.80. The van der Waals surface area contributed by atoms with Gasteiger partial charge in [-0.05, 0) is 25.1 Å². The molecule has 98 valence electrons. The third kappa shape index (κ3) is 3.45. The minimum Gasteiger partial charge on any atom is -0.477 e. The highest BCUT2D eigenvalue weighted by atomic mass is 16.5. The van der Waals surface area contributed by atoms with Crippen molar-refractivity contribution in [3.05, 3.63) is 48.7 Å². The van der Waals surface area contributed by atoms with E-state index in [2.05, 4.69) is 4.98 Å². The first kappa shape index (κ1) is 12.9. The number of rotatable bonds is 5. The van der Waals surface area contributed by atoms with Gasteiger partial charge in [-0.1, -0.05) is 18.2 Å². The first-order chi connectivity index (χ1) is 9.16. The number of pyridine rings is 1. The summed E-state index contributed by atoms with van der Waals surface area (Å²) in [5.74, 6) is 0.840. The van der Waals surface area contributed by atoms with Gasteiger partial charge in [-0.3, -0.25) is 4.79 Å². The monoisotopic (exact) mass is 258 g/mol. The van der Waals surface area contributed by atoms with Crippen LogP contribution in [0.5, 0.6) is 17.4 Å². The molecule has 0 radical (unpaired) electrons. The third-order valence-corrected chi connectivity index (χ3v) is 2.41. The van der Waals surface area contributed by atoms with Crippen molar-refractivity contribution in [3.63, 3.8) is 0 Å². The van der Waals surface area contributed by atoms with E-state index < -0.39 is 12.0 Å². The molecule has 5 nitrogen and oxygen atoms in total. The van der Waals surface area contributed by atoms with Gasteiger partial charge in [0, 0.05) is 12.3 Å². The fourth-order valence-electron chi connectivity index (χ4n) is 1.40. The largest absolute Gasteiger partial charge is 0.477 e. The van der Waals surface area contributed by atoms with Crippen molar-refractivity contribution in [2.45, 2.75) is 13.0 Å². The molecule has 2 N–H and O–H groups in total. The average Bonchev–Trinajstić information content (AvgIpc) is 2.42. The summed E-state index contributed by atoms with van der Waals surface area (Å²) in [6, 6.07) is 12.4. The molecule has 1 amide bonds. The molecular formula is C14H14N2O3. The summed E-state index contributed by atoms with van der Waals surface area (Å²) in [5.41, 5.74) is 5.17. The van der Waals surface area contributed by atoms with Gasteiger partial charge in [0.2, 0.25) is 5.88 Å². The smallest absolute Gasteiger partial charge is 0.258 e. The van der Waals surface area contributed by atoms with Gasteiger partial charge in [-0.2, -0.15) is 0 Å². The van der Waals surface area contributed by atoms with Crippen molar-refractivity contribution >= 4 is 5.91 Å². The predicted molar refractivity (Wildman–Crippen MR) is 70.0 cm³/mol. The third-order valence-electron chi connectivity index (χ3n) is 2.41. The van der Waals surface area contributed by atoms with E-state index >= 15 is 0 Å². The van der Waals surface area contributed by atoms with Crippen LogP contribution >= 0.6 is 0 Å². The van der Waals surface area contributed by atoms with Crippen LogP contribution in [0.2, 0.25) is 0 Å². The van der Waals surface area contributed by atoms with Crippen LogP contribution in [0.15, 0.2) is 48.7 Å². The lowest BCUT2D eigenvalue weighted by molar-refractivity contribution is -0.124. The second-order valence-electron chi connectivity index (χ2n) is 3.88. The fourth-order valence-corrected chi connectivity index (χ4v) is 1.40. The Balaban J connectivity index is 2.19. The highest BCUT2D eigenvalue weighted by Crippen LogP contribution is 2.30. The molecule has 0 aliphatic rings. The molecule has 1 heterocycles. The van der Waals surface area contributed by atoms with Gasteiger partial charge in [-0.15, -0.1) is 0 Å². The van der Waals surface area contributed by atoms with Crippen LogP contribution in [0.4, 0.5) is 0 Å². The lowest BCUT2D eigenvalue weighted by Crippen LogP contribution is -2.30.